The lowest BCUT2D eigenvalue weighted by Crippen LogP contribution is -2.18. The molecule has 1 aromatic heterocycles. The van der Waals surface area contributed by atoms with E-state index in [0.29, 0.717) is 5.92 Å². The highest BCUT2D eigenvalue weighted by atomic mass is 79.9. The molecule has 0 bridgehead atoms. The second-order valence-corrected chi connectivity index (χ2v) is 6.15. The van der Waals surface area contributed by atoms with Gasteiger partial charge in [-0.1, -0.05) is 35.8 Å². The molecular weight excluding hydrogens is 302 g/mol. The summed E-state index contributed by atoms with van der Waals surface area (Å²) in [7, 11) is 0. The second-order valence-electron chi connectivity index (χ2n) is 5.30. The molecule has 2 rings (SSSR count). The maximum Gasteiger partial charge on any atom is 0.0657 e. The van der Waals surface area contributed by atoms with Gasteiger partial charge in [0.05, 0.1) is 11.4 Å². The van der Waals surface area contributed by atoms with Gasteiger partial charge in [-0.05, 0) is 43.0 Å². The van der Waals surface area contributed by atoms with Gasteiger partial charge in [-0.3, -0.25) is 0 Å². The first kappa shape index (κ1) is 14.3. The van der Waals surface area contributed by atoms with Crippen LogP contribution >= 0.6 is 15.9 Å². The van der Waals surface area contributed by atoms with E-state index in [1.807, 2.05) is 17.8 Å². The van der Waals surface area contributed by atoms with Crippen LogP contribution in [0.15, 0.2) is 34.9 Å². The maximum atomic E-state index is 5.84. The van der Waals surface area contributed by atoms with Gasteiger partial charge in [0.1, 0.15) is 0 Å². The van der Waals surface area contributed by atoms with Crippen molar-refractivity contribution in [3.8, 4) is 5.69 Å². The van der Waals surface area contributed by atoms with E-state index in [9.17, 15) is 0 Å². The molecule has 19 heavy (non-hydrogen) atoms. The molecule has 0 fully saturated rings. The second kappa shape index (κ2) is 5.88. The molecule has 1 heterocycles. The van der Waals surface area contributed by atoms with E-state index in [2.05, 4.69) is 59.1 Å². The topological polar surface area (TPSA) is 43.8 Å². The first-order valence-electron chi connectivity index (χ1n) is 6.57. The zero-order valence-electron chi connectivity index (χ0n) is 11.6. The minimum absolute atomic E-state index is 0.166. The molecule has 0 aliphatic rings. The highest BCUT2D eigenvalue weighted by molar-refractivity contribution is 9.10. The molecule has 1 aromatic carbocycles. The van der Waals surface area contributed by atoms with Crippen LogP contribution in [0.2, 0.25) is 0 Å². The predicted octanol–water partition coefficient (Wildman–Crippen LogP) is 3.65. The summed E-state index contributed by atoms with van der Waals surface area (Å²) in [6.45, 7) is 6.31. The Bertz CT molecular complexity index is 558. The molecule has 2 aromatic rings. The fourth-order valence-corrected chi connectivity index (χ4v) is 2.51. The quantitative estimate of drug-likeness (QED) is 0.934. The summed E-state index contributed by atoms with van der Waals surface area (Å²) < 4.78 is 3.00. The lowest BCUT2D eigenvalue weighted by atomic mass is 10.1. The molecule has 102 valence electrons. The van der Waals surface area contributed by atoms with Crippen LogP contribution < -0.4 is 5.73 Å². The van der Waals surface area contributed by atoms with Gasteiger partial charge in [-0.2, -0.15) is 5.10 Å². The van der Waals surface area contributed by atoms with E-state index in [-0.39, 0.29) is 6.04 Å². The van der Waals surface area contributed by atoms with E-state index in [1.165, 1.54) is 5.56 Å². The average Bonchev–Trinajstić information content (AvgIpc) is 2.80. The van der Waals surface area contributed by atoms with Crippen LogP contribution in [-0.4, -0.2) is 15.8 Å². The Hall–Kier alpha value is -1.13. The van der Waals surface area contributed by atoms with Crippen molar-refractivity contribution >= 4 is 15.9 Å². The summed E-state index contributed by atoms with van der Waals surface area (Å²) in [5.74, 6) is 0.446. The molecule has 0 saturated carbocycles. The predicted molar refractivity (Wildman–Crippen MR) is 82.7 cm³/mol. The summed E-state index contributed by atoms with van der Waals surface area (Å²) >= 11 is 3.61. The lowest BCUT2D eigenvalue weighted by molar-refractivity contribution is 0.734. The Kier molecular flexibility index (Phi) is 4.42. The molecule has 0 amide bonds. The minimum atomic E-state index is 0.166. The molecule has 0 aliphatic carbocycles. The monoisotopic (exact) mass is 321 g/mol. The average molecular weight is 322 g/mol. The van der Waals surface area contributed by atoms with Gasteiger partial charge >= 0.3 is 0 Å². The van der Waals surface area contributed by atoms with Gasteiger partial charge in [-0.15, -0.1) is 0 Å². The number of benzene rings is 1. The van der Waals surface area contributed by atoms with Crippen LogP contribution in [0.3, 0.4) is 0 Å². The Morgan fingerprint density at radius 2 is 2.00 bits per heavy atom. The van der Waals surface area contributed by atoms with E-state index in [1.54, 1.807) is 0 Å². The first-order chi connectivity index (χ1) is 8.97. The van der Waals surface area contributed by atoms with Crippen molar-refractivity contribution in [3.05, 3.63) is 46.2 Å². The summed E-state index contributed by atoms with van der Waals surface area (Å²) in [6.07, 6.45) is 2.87. The number of hydrogen-bond donors (Lipinski definition) is 1. The Morgan fingerprint density at radius 1 is 1.26 bits per heavy atom. The number of halogens is 1. The normalized spacial score (nSPS) is 12.9. The number of nitrogens with two attached hydrogens (primary N) is 1. The molecule has 2 N–H and O–H groups in total. The van der Waals surface area contributed by atoms with Gasteiger partial charge in [-0.25, -0.2) is 4.68 Å². The number of nitrogens with zero attached hydrogens (tertiary/aromatic N) is 2. The third-order valence-electron chi connectivity index (χ3n) is 3.04. The zero-order chi connectivity index (χ0) is 14.0. The van der Waals surface area contributed by atoms with Gasteiger partial charge in [0, 0.05) is 16.7 Å². The fourth-order valence-electron chi connectivity index (χ4n) is 1.98. The number of hydrogen-bond acceptors (Lipinski definition) is 2. The van der Waals surface area contributed by atoms with Gasteiger partial charge in [0.25, 0.3) is 0 Å². The van der Waals surface area contributed by atoms with Crippen LogP contribution in [0.5, 0.6) is 0 Å². The highest BCUT2D eigenvalue weighted by Crippen LogP contribution is 2.22. The van der Waals surface area contributed by atoms with Crippen molar-refractivity contribution in [2.75, 3.05) is 0 Å². The number of aromatic nitrogens is 2. The SMILES string of the molecule is CC(N)Cc1ccc(-n2ccc(C(C)C)n2)cc1Br. The highest BCUT2D eigenvalue weighted by Gasteiger charge is 2.08. The third-order valence-corrected chi connectivity index (χ3v) is 3.78. The Morgan fingerprint density at radius 3 is 2.53 bits per heavy atom. The lowest BCUT2D eigenvalue weighted by Gasteiger charge is -2.10. The fraction of sp³-hybridized carbons (Fsp3) is 0.400. The van der Waals surface area contributed by atoms with Crippen molar-refractivity contribution in [2.45, 2.75) is 39.2 Å². The standard InChI is InChI=1S/C15H20BrN3/c1-10(2)15-6-7-19(18-15)13-5-4-12(8-11(3)17)14(16)9-13/h4-7,9-11H,8,17H2,1-3H3. The largest absolute Gasteiger partial charge is 0.328 e. The van der Waals surface area contributed by atoms with Gasteiger partial charge in [0.15, 0.2) is 0 Å². The zero-order valence-corrected chi connectivity index (χ0v) is 13.2. The third kappa shape index (κ3) is 3.45. The first-order valence-corrected chi connectivity index (χ1v) is 7.36. The van der Waals surface area contributed by atoms with Crippen LogP contribution in [-0.2, 0) is 6.42 Å². The molecule has 3 nitrogen and oxygen atoms in total. The van der Waals surface area contributed by atoms with E-state index in [0.717, 1.165) is 22.3 Å². The van der Waals surface area contributed by atoms with Crippen LogP contribution in [0.1, 0.15) is 37.9 Å². The van der Waals surface area contributed by atoms with E-state index >= 15 is 0 Å². The molecule has 1 unspecified atom stereocenters. The molecule has 1 atom stereocenters. The molecule has 4 heteroatoms. The summed E-state index contributed by atoms with van der Waals surface area (Å²) in [4.78, 5) is 0. The van der Waals surface area contributed by atoms with Crippen molar-refractivity contribution in [1.29, 1.82) is 0 Å². The van der Waals surface area contributed by atoms with E-state index in [4.69, 9.17) is 5.73 Å². The van der Waals surface area contributed by atoms with Crippen LogP contribution in [0.25, 0.3) is 5.69 Å². The van der Waals surface area contributed by atoms with E-state index < -0.39 is 0 Å². The molecule has 0 spiro atoms. The van der Waals surface area contributed by atoms with Crippen LogP contribution in [0, 0.1) is 0 Å². The summed E-state index contributed by atoms with van der Waals surface area (Å²) in [5.41, 5.74) is 9.24. The molecule has 0 saturated heterocycles. The smallest absolute Gasteiger partial charge is 0.0657 e. The Labute approximate surface area is 122 Å². The van der Waals surface area contributed by atoms with Crippen molar-refractivity contribution in [3.63, 3.8) is 0 Å². The minimum Gasteiger partial charge on any atom is -0.328 e. The van der Waals surface area contributed by atoms with Crippen molar-refractivity contribution in [1.82, 2.24) is 9.78 Å². The summed E-state index contributed by atoms with van der Waals surface area (Å²) in [5, 5.41) is 4.58. The maximum absolute atomic E-state index is 5.84. The molecular formula is C15H20BrN3. The van der Waals surface area contributed by atoms with Crippen molar-refractivity contribution in [2.24, 2.45) is 5.73 Å². The summed E-state index contributed by atoms with van der Waals surface area (Å²) in [6, 6.07) is 8.52. The van der Waals surface area contributed by atoms with Gasteiger partial charge < -0.3 is 5.73 Å². The Balaban J connectivity index is 2.28. The van der Waals surface area contributed by atoms with Crippen molar-refractivity contribution < 1.29 is 0 Å². The molecule has 0 radical (unpaired) electrons. The molecule has 0 aliphatic heterocycles. The van der Waals surface area contributed by atoms with Crippen LogP contribution in [0.4, 0.5) is 0 Å². The van der Waals surface area contributed by atoms with Gasteiger partial charge in [0.2, 0.25) is 0 Å². The number of rotatable bonds is 4.